The molecule has 7 heteroatoms. The van der Waals surface area contributed by atoms with Crippen LogP contribution < -0.4 is 0 Å². The number of carbonyl (C=O) groups excluding carboxylic acids is 1. The van der Waals surface area contributed by atoms with E-state index in [-0.39, 0.29) is 36.1 Å². The molecule has 0 bridgehead atoms. The van der Waals surface area contributed by atoms with Crippen LogP contribution in [0.1, 0.15) is 29.5 Å². The molecule has 0 N–H and O–H groups in total. The molecule has 0 unspecified atom stereocenters. The fourth-order valence-corrected chi connectivity index (χ4v) is 4.74. The van der Waals surface area contributed by atoms with Gasteiger partial charge in [0.1, 0.15) is 0 Å². The molecule has 2 aliphatic heterocycles. The zero-order valence-corrected chi connectivity index (χ0v) is 19.4. The van der Waals surface area contributed by atoms with E-state index in [1.165, 1.54) is 16.7 Å². The zero-order valence-electron chi connectivity index (χ0n) is 17.8. The Bertz CT molecular complexity index is 823. The number of nitrogens with zero attached hydrogens (tertiary/aromatic N) is 4. The number of likely N-dealkylation sites (N-methyl/N-ethyl adjacent to an activating group) is 1. The first-order valence-electron chi connectivity index (χ1n) is 10.2. The lowest BCUT2D eigenvalue weighted by Gasteiger charge is -2.48. The Morgan fingerprint density at radius 3 is 2.37 bits per heavy atom. The molecule has 4 rings (SSSR count). The number of likely N-dealkylation sites (tertiary alicyclic amines) is 1. The van der Waals surface area contributed by atoms with Gasteiger partial charge in [-0.15, -0.1) is 24.8 Å². The second-order valence-corrected chi connectivity index (χ2v) is 8.50. The number of carbonyl (C=O) groups is 1. The van der Waals surface area contributed by atoms with Crippen LogP contribution in [0.15, 0.2) is 48.8 Å². The van der Waals surface area contributed by atoms with E-state index in [1.807, 2.05) is 26.5 Å². The van der Waals surface area contributed by atoms with E-state index in [0.29, 0.717) is 6.54 Å². The van der Waals surface area contributed by atoms with Crippen molar-refractivity contribution >= 4 is 30.7 Å². The number of rotatable bonds is 4. The summed E-state index contributed by atoms with van der Waals surface area (Å²) < 4.78 is 0. The number of hydrogen-bond acceptors (Lipinski definition) is 4. The molecule has 0 saturated carbocycles. The van der Waals surface area contributed by atoms with Crippen LogP contribution in [0.5, 0.6) is 0 Å². The van der Waals surface area contributed by atoms with Crippen molar-refractivity contribution in [2.45, 2.75) is 31.3 Å². The second-order valence-electron chi connectivity index (χ2n) is 8.50. The monoisotopic (exact) mass is 450 g/mol. The lowest BCUT2D eigenvalue weighted by Crippen LogP contribution is -2.52. The smallest absolute Gasteiger partial charge is 0.236 e. The molecule has 1 aromatic heterocycles. The molecular formula is C23H32Cl2N4O. The molecule has 1 saturated heterocycles. The standard InChI is InChI=1S/C23H30N4O.2ClH/c1-25(2)22(28)17-26-13-9-23(10-14-26)18-27(15-19-7-11-24-12-8-19)16-20-5-3-4-6-21(20)23;;/h3-8,11-12H,9-10,13-18H2,1-2H3;2*1H. The molecule has 30 heavy (non-hydrogen) atoms. The molecule has 1 spiro atoms. The maximum absolute atomic E-state index is 12.1. The van der Waals surface area contributed by atoms with Crippen LogP contribution in [-0.4, -0.2) is 65.9 Å². The first kappa shape index (κ1) is 24.6. The van der Waals surface area contributed by atoms with Crippen molar-refractivity contribution in [1.82, 2.24) is 19.7 Å². The second kappa shape index (κ2) is 10.6. The van der Waals surface area contributed by atoms with Crippen LogP contribution in [0.4, 0.5) is 0 Å². The zero-order chi connectivity index (χ0) is 19.6. The minimum Gasteiger partial charge on any atom is -0.348 e. The van der Waals surface area contributed by atoms with Crippen molar-refractivity contribution in [2.24, 2.45) is 0 Å². The van der Waals surface area contributed by atoms with Gasteiger partial charge in [0.25, 0.3) is 0 Å². The Morgan fingerprint density at radius 1 is 1.03 bits per heavy atom. The molecule has 1 aromatic carbocycles. The van der Waals surface area contributed by atoms with Gasteiger partial charge in [-0.1, -0.05) is 24.3 Å². The van der Waals surface area contributed by atoms with Gasteiger partial charge in [-0.2, -0.15) is 0 Å². The van der Waals surface area contributed by atoms with E-state index in [0.717, 1.165) is 45.6 Å². The largest absolute Gasteiger partial charge is 0.348 e. The van der Waals surface area contributed by atoms with Gasteiger partial charge in [-0.3, -0.25) is 19.6 Å². The molecule has 2 aliphatic rings. The van der Waals surface area contributed by atoms with Crippen molar-refractivity contribution in [3.63, 3.8) is 0 Å². The predicted octanol–water partition coefficient (Wildman–Crippen LogP) is 3.36. The van der Waals surface area contributed by atoms with Gasteiger partial charge >= 0.3 is 0 Å². The number of amides is 1. The predicted molar refractivity (Wildman–Crippen MR) is 125 cm³/mol. The van der Waals surface area contributed by atoms with Crippen LogP contribution in [0.3, 0.4) is 0 Å². The summed E-state index contributed by atoms with van der Waals surface area (Å²) in [6, 6.07) is 13.2. The van der Waals surface area contributed by atoms with Crippen LogP contribution in [-0.2, 0) is 23.3 Å². The summed E-state index contributed by atoms with van der Waals surface area (Å²) in [5, 5.41) is 0. The van der Waals surface area contributed by atoms with E-state index >= 15 is 0 Å². The first-order chi connectivity index (χ1) is 13.6. The first-order valence-corrected chi connectivity index (χ1v) is 10.2. The molecule has 164 valence electrons. The van der Waals surface area contributed by atoms with Crippen molar-refractivity contribution in [3.8, 4) is 0 Å². The van der Waals surface area contributed by atoms with E-state index < -0.39 is 0 Å². The topological polar surface area (TPSA) is 39.7 Å². The number of aromatic nitrogens is 1. The fraction of sp³-hybridized carbons (Fsp3) is 0.478. The lowest BCUT2D eigenvalue weighted by molar-refractivity contribution is -0.130. The van der Waals surface area contributed by atoms with Crippen molar-refractivity contribution < 1.29 is 4.79 Å². The van der Waals surface area contributed by atoms with Crippen LogP contribution in [0, 0.1) is 0 Å². The average molecular weight is 451 g/mol. The third kappa shape index (κ3) is 5.33. The Morgan fingerprint density at radius 2 is 1.70 bits per heavy atom. The summed E-state index contributed by atoms with van der Waals surface area (Å²) in [6.07, 6.45) is 5.97. The van der Waals surface area contributed by atoms with Gasteiger partial charge in [0.05, 0.1) is 6.54 Å². The van der Waals surface area contributed by atoms with E-state index in [4.69, 9.17) is 0 Å². The Balaban J connectivity index is 0.00000160. The van der Waals surface area contributed by atoms with Gasteiger partial charge in [0.15, 0.2) is 0 Å². The third-order valence-corrected chi connectivity index (χ3v) is 6.34. The summed E-state index contributed by atoms with van der Waals surface area (Å²) in [4.78, 5) is 22.8. The summed E-state index contributed by atoms with van der Waals surface area (Å²) in [6.45, 7) is 5.55. The average Bonchev–Trinajstić information content (AvgIpc) is 2.70. The molecule has 0 atom stereocenters. The number of piperidine rings is 1. The van der Waals surface area contributed by atoms with E-state index in [1.54, 1.807) is 4.90 Å². The number of pyridine rings is 1. The highest BCUT2D eigenvalue weighted by molar-refractivity contribution is 5.85. The lowest BCUT2D eigenvalue weighted by atomic mass is 9.68. The molecule has 2 aromatic rings. The summed E-state index contributed by atoms with van der Waals surface area (Å²) in [7, 11) is 3.67. The number of benzene rings is 1. The Kier molecular flexibility index (Phi) is 8.68. The molecular weight excluding hydrogens is 419 g/mol. The molecule has 5 nitrogen and oxygen atoms in total. The minimum atomic E-state index is 0. The van der Waals surface area contributed by atoms with Crippen LogP contribution in [0.25, 0.3) is 0 Å². The number of fused-ring (bicyclic) bond motifs is 2. The molecule has 0 aliphatic carbocycles. The van der Waals surface area contributed by atoms with Crippen molar-refractivity contribution in [2.75, 3.05) is 40.3 Å². The number of halogens is 2. The summed E-state index contributed by atoms with van der Waals surface area (Å²) in [5.74, 6) is 0.194. The molecule has 0 radical (unpaired) electrons. The van der Waals surface area contributed by atoms with Gasteiger partial charge in [-0.25, -0.2) is 0 Å². The minimum absolute atomic E-state index is 0. The van der Waals surface area contributed by atoms with Crippen molar-refractivity contribution in [1.29, 1.82) is 0 Å². The molecule has 1 amide bonds. The highest BCUT2D eigenvalue weighted by atomic mass is 35.5. The van der Waals surface area contributed by atoms with E-state index in [9.17, 15) is 4.79 Å². The van der Waals surface area contributed by atoms with Crippen LogP contribution >= 0.6 is 24.8 Å². The third-order valence-electron chi connectivity index (χ3n) is 6.34. The van der Waals surface area contributed by atoms with Gasteiger partial charge in [-0.05, 0) is 54.8 Å². The fourth-order valence-electron chi connectivity index (χ4n) is 4.74. The normalized spacial score (nSPS) is 18.1. The quantitative estimate of drug-likeness (QED) is 0.715. The number of hydrogen-bond donors (Lipinski definition) is 0. The SMILES string of the molecule is CN(C)C(=O)CN1CCC2(CC1)CN(Cc1ccncc1)Cc1ccccc12.Cl.Cl. The maximum atomic E-state index is 12.1. The van der Waals surface area contributed by atoms with Gasteiger partial charge in [0.2, 0.25) is 5.91 Å². The highest BCUT2D eigenvalue weighted by Crippen LogP contribution is 2.42. The molecule has 3 heterocycles. The van der Waals surface area contributed by atoms with Gasteiger partial charge in [0, 0.05) is 51.5 Å². The summed E-state index contributed by atoms with van der Waals surface area (Å²) >= 11 is 0. The van der Waals surface area contributed by atoms with E-state index in [2.05, 4.69) is 51.2 Å². The van der Waals surface area contributed by atoms with Gasteiger partial charge < -0.3 is 4.90 Å². The van der Waals surface area contributed by atoms with Crippen molar-refractivity contribution in [3.05, 3.63) is 65.5 Å². The maximum Gasteiger partial charge on any atom is 0.236 e. The van der Waals surface area contributed by atoms with Crippen LogP contribution in [0.2, 0.25) is 0 Å². The Labute approximate surface area is 192 Å². The molecule has 1 fully saturated rings. The highest BCUT2D eigenvalue weighted by Gasteiger charge is 2.41. The summed E-state index contributed by atoms with van der Waals surface area (Å²) in [5.41, 5.74) is 4.50. The Hall–Kier alpha value is -1.66.